The van der Waals surface area contributed by atoms with Gasteiger partial charge in [-0.05, 0) is 56.5 Å². The highest BCUT2D eigenvalue weighted by molar-refractivity contribution is 7.07. The molecule has 1 atom stereocenters. The van der Waals surface area contributed by atoms with Gasteiger partial charge in [0.25, 0.3) is 0 Å². The summed E-state index contributed by atoms with van der Waals surface area (Å²) in [5.74, 6) is 0.496. The molecule has 2 heterocycles. The van der Waals surface area contributed by atoms with Gasteiger partial charge in [0.2, 0.25) is 5.82 Å². The Bertz CT molecular complexity index is 619. The number of nitro groups is 1. The van der Waals surface area contributed by atoms with E-state index in [4.69, 9.17) is 0 Å². The maximum atomic E-state index is 11.3. The van der Waals surface area contributed by atoms with Crippen molar-refractivity contribution in [2.45, 2.75) is 46.2 Å². The smallest absolute Gasteiger partial charge is 0.333 e. The standard InChI is InChI=1S/C14H20N4O2S/c1-9(2)17-14(13(18(19)20)11(4)16-17)15-10(3)7-12-5-6-21-8-12/h5-6,8-10,15H,7H2,1-4H3. The van der Waals surface area contributed by atoms with Gasteiger partial charge in [0.15, 0.2) is 0 Å². The molecule has 0 aromatic carbocycles. The molecule has 0 aliphatic heterocycles. The third-order valence-corrected chi connectivity index (χ3v) is 3.96. The number of rotatable bonds is 6. The van der Waals surface area contributed by atoms with E-state index in [0.717, 1.165) is 6.42 Å². The lowest BCUT2D eigenvalue weighted by atomic mass is 10.1. The first kappa shape index (κ1) is 15.5. The van der Waals surface area contributed by atoms with Gasteiger partial charge in [0, 0.05) is 12.1 Å². The topological polar surface area (TPSA) is 73.0 Å². The molecule has 2 aromatic rings. The molecule has 21 heavy (non-hydrogen) atoms. The van der Waals surface area contributed by atoms with Gasteiger partial charge in [-0.1, -0.05) is 0 Å². The first-order valence-electron chi connectivity index (χ1n) is 6.91. The second-order valence-electron chi connectivity index (χ2n) is 5.46. The van der Waals surface area contributed by atoms with E-state index in [0.29, 0.717) is 11.5 Å². The summed E-state index contributed by atoms with van der Waals surface area (Å²) >= 11 is 1.65. The minimum Gasteiger partial charge on any atom is -0.362 e. The van der Waals surface area contributed by atoms with Crippen LogP contribution in [0.1, 0.15) is 38.1 Å². The lowest BCUT2D eigenvalue weighted by Crippen LogP contribution is -2.21. The van der Waals surface area contributed by atoms with Crippen LogP contribution in [0, 0.1) is 17.0 Å². The van der Waals surface area contributed by atoms with Crippen LogP contribution in [0.25, 0.3) is 0 Å². The molecule has 0 spiro atoms. The van der Waals surface area contributed by atoms with Gasteiger partial charge in [-0.25, -0.2) is 4.68 Å². The molecule has 114 valence electrons. The van der Waals surface area contributed by atoms with Crippen LogP contribution in [0.4, 0.5) is 11.5 Å². The molecule has 1 unspecified atom stereocenters. The zero-order chi connectivity index (χ0) is 15.6. The third-order valence-electron chi connectivity index (χ3n) is 3.23. The highest BCUT2D eigenvalue weighted by Gasteiger charge is 2.27. The van der Waals surface area contributed by atoms with Crippen LogP contribution in [-0.4, -0.2) is 20.7 Å². The molecule has 2 aromatic heterocycles. The van der Waals surface area contributed by atoms with Gasteiger partial charge in [0.05, 0.1) is 4.92 Å². The lowest BCUT2D eigenvalue weighted by Gasteiger charge is -2.17. The maximum Gasteiger partial charge on any atom is 0.333 e. The summed E-state index contributed by atoms with van der Waals surface area (Å²) < 4.78 is 1.69. The summed E-state index contributed by atoms with van der Waals surface area (Å²) in [5, 5.41) is 23.0. The third kappa shape index (κ3) is 3.41. The van der Waals surface area contributed by atoms with Crippen molar-refractivity contribution in [2.24, 2.45) is 0 Å². The molecule has 7 heteroatoms. The Hall–Kier alpha value is -1.89. The van der Waals surface area contributed by atoms with Crippen LogP contribution in [0.15, 0.2) is 16.8 Å². The monoisotopic (exact) mass is 308 g/mol. The van der Waals surface area contributed by atoms with Crippen molar-refractivity contribution < 1.29 is 4.92 Å². The van der Waals surface area contributed by atoms with E-state index in [9.17, 15) is 10.1 Å². The summed E-state index contributed by atoms with van der Waals surface area (Å²) in [6.45, 7) is 7.62. The predicted octanol–water partition coefficient (Wildman–Crippen LogP) is 3.79. The molecule has 0 aliphatic rings. The van der Waals surface area contributed by atoms with Crippen LogP contribution >= 0.6 is 11.3 Å². The first-order chi connectivity index (χ1) is 9.90. The Kier molecular flexibility index (Phi) is 4.62. The van der Waals surface area contributed by atoms with Crippen LogP contribution < -0.4 is 5.32 Å². The van der Waals surface area contributed by atoms with Crippen molar-refractivity contribution in [3.63, 3.8) is 0 Å². The molecule has 2 rings (SSSR count). The van der Waals surface area contributed by atoms with E-state index in [1.54, 1.807) is 22.9 Å². The first-order valence-corrected chi connectivity index (χ1v) is 7.85. The van der Waals surface area contributed by atoms with Crippen molar-refractivity contribution in [2.75, 3.05) is 5.32 Å². The summed E-state index contributed by atoms with van der Waals surface area (Å²) in [6.07, 6.45) is 0.822. The van der Waals surface area contributed by atoms with E-state index in [1.165, 1.54) is 5.56 Å². The molecule has 0 saturated heterocycles. The number of aryl methyl sites for hydroxylation is 1. The largest absolute Gasteiger partial charge is 0.362 e. The van der Waals surface area contributed by atoms with Gasteiger partial charge in [0.1, 0.15) is 5.69 Å². The number of hydrogen-bond donors (Lipinski definition) is 1. The zero-order valence-electron chi connectivity index (χ0n) is 12.7. The fourth-order valence-electron chi connectivity index (χ4n) is 2.31. The van der Waals surface area contributed by atoms with Crippen molar-refractivity contribution in [3.05, 3.63) is 38.2 Å². The molecular weight excluding hydrogens is 288 g/mol. The quantitative estimate of drug-likeness (QED) is 0.651. The minimum absolute atomic E-state index is 0.0632. The fraction of sp³-hybridized carbons (Fsp3) is 0.500. The Labute approximate surface area is 127 Å². The van der Waals surface area contributed by atoms with Crippen LogP contribution in [0.5, 0.6) is 0 Å². The van der Waals surface area contributed by atoms with Gasteiger partial charge in [-0.15, -0.1) is 0 Å². The Morgan fingerprint density at radius 1 is 1.48 bits per heavy atom. The minimum atomic E-state index is -0.360. The van der Waals surface area contributed by atoms with E-state index in [-0.39, 0.29) is 22.7 Å². The molecule has 0 aliphatic carbocycles. The second-order valence-corrected chi connectivity index (χ2v) is 6.24. The molecule has 0 bridgehead atoms. The van der Waals surface area contributed by atoms with Crippen LogP contribution in [-0.2, 0) is 6.42 Å². The van der Waals surface area contributed by atoms with Gasteiger partial charge in [-0.3, -0.25) is 10.1 Å². The maximum absolute atomic E-state index is 11.3. The molecule has 6 nitrogen and oxygen atoms in total. The SMILES string of the molecule is Cc1nn(C(C)C)c(NC(C)Cc2ccsc2)c1[N+](=O)[O-]. The molecular formula is C14H20N4O2S. The highest BCUT2D eigenvalue weighted by atomic mass is 32.1. The van der Waals surface area contributed by atoms with E-state index >= 15 is 0 Å². The average Bonchev–Trinajstić information content (AvgIpc) is 2.97. The van der Waals surface area contributed by atoms with Gasteiger partial charge in [-0.2, -0.15) is 16.4 Å². The number of thiophene rings is 1. The highest BCUT2D eigenvalue weighted by Crippen LogP contribution is 2.31. The van der Waals surface area contributed by atoms with E-state index in [1.807, 2.05) is 26.2 Å². The number of anilines is 1. The summed E-state index contributed by atoms with van der Waals surface area (Å²) in [4.78, 5) is 10.9. The van der Waals surface area contributed by atoms with Gasteiger partial charge >= 0.3 is 5.69 Å². The lowest BCUT2D eigenvalue weighted by molar-refractivity contribution is -0.384. The second kappa shape index (κ2) is 6.26. The van der Waals surface area contributed by atoms with Crippen molar-refractivity contribution in [1.82, 2.24) is 9.78 Å². The zero-order valence-corrected chi connectivity index (χ0v) is 13.5. The Morgan fingerprint density at radius 2 is 2.19 bits per heavy atom. The van der Waals surface area contributed by atoms with E-state index in [2.05, 4.69) is 21.9 Å². The number of aromatic nitrogens is 2. The normalized spacial score (nSPS) is 12.6. The number of nitrogens with one attached hydrogen (secondary N) is 1. The van der Waals surface area contributed by atoms with Crippen molar-refractivity contribution in [3.8, 4) is 0 Å². The Morgan fingerprint density at radius 3 is 2.71 bits per heavy atom. The summed E-state index contributed by atoms with van der Waals surface area (Å²) in [6, 6.07) is 2.22. The molecule has 0 amide bonds. The van der Waals surface area contributed by atoms with Crippen molar-refractivity contribution >= 4 is 22.8 Å². The molecule has 1 N–H and O–H groups in total. The molecule has 0 fully saturated rings. The summed E-state index contributed by atoms with van der Waals surface area (Å²) in [5.41, 5.74) is 1.75. The van der Waals surface area contributed by atoms with Gasteiger partial charge < -0.3 is 5.32 Å². The molecule has 0 radical (unpaired) electrons. The fourth-order valence-corrected chi connectivity index (χ4v) is 2.99. The van der Waals surface area contributed by atoms with Crippen molar-refractivity contribution in [1.29, 1.82) is 0 Å². The average molecular weight is 308 g/mol. The van der Waals surface area contributed by atoms with Crippen LogP contribution in [0.3, 0.4) is 0 Å². The Balaban J connectivity index is 2.26. The summed E-state index contributed by atoms with van der Waals surface area (Å²) in [7, 11) is 0. The number of hydrogen-bond acceptors (Lipinski definition) is 5. The van der Waals surface area contributed by atoms with E-state index < -0.39 is 0 Å². The van der Waals surface area contributed by atoms with Crippen LogP contribution in [0.2, 0.25) is 0 Å². The predicted molar refractivity (Wildman–Crippen MR) is 85.1 cm³/mol. The number of nitrogens with zero attached hydrogens (tertiary/aromatic N) is 3. The molecule has 0 saturated carbocycles.